The Kier molecular flexibility index (Phi) is 5.13. The van der Waals surface area contributed by atoms with Crippen LogP contribution in [-0.2, 0) is 4.79 Å². The maximum absolute atomic E-state index is 12.2. The van der Waals surface area contributed by atoms with Crippen LogP contribution in [0.5, 0.6) is 0 Å². The van der Waals surface area contributed by atoms with Gasteiger partial charge in [-0.3, -0.25) is 0 Å². The fourth-order valence-electron chi connectivity index (χ4n) is 1.67. The number of hydrogen-bond donors (Lipinski definition) is 2. The average molecular weight is 278 g/mol. The van der Waals surface area contributed by atoms with Gasteiger partial charge in [-0.25, -0.2) is 9.59 Å². The fourth-order valence-corrected chi connectivity index (χ4v) is 1.67. The van der Waals surface area contributed by atoms with Crippen LogP contribution < -0.4 is 5.32 Å². The van der Waals surface area contributed by atoms with Crippen molar-refractivity contribution in [1.82, 2.24) is 10.2 Å². The number of hydrogen-bond acceptors (Lipinski definition) is 2. The van der Waals surface area contributed by atoms with Crippen molar-refractivity contribution in [3.8, 4) is 0 Å². The van der Waals surface area contributed by atoms with Crippen LogP contribution in [0.1, 0.15) is 38.8 Å². The van der Waals surface area contributed by atoms with Crippen molar-refractivity contribution < 1.29 is 14.7 Å². The van der Waals surface area contributed by atoms with Gasteiger partial charge < -0.3 is 15.3 Å². The minimum absolute atomic E-state index is 0.330. The quantitative estimate of drug-likeness (QED) is 0.870. The van der Waals surface area contributed by atoms with Gasteiger partial charge in [0.2, 0.25) is 0 Å². The van der Waals surface area contributed by atoms with E-state index in [-0.39, 0.29) is 5.54 Å². The number of carbonyl (C=O) groups excluding carboxylic acids is 1. The highest BCUT2D eigenvalue weighted by molar-refractivity contribution is 5.83. The van der Waals surface area contributed by atoms with E-state index in [1.165, 1.54) is 4.90 Å². The fraction of sp³-hybridized carbons (Fsp3) is 0.467. The van der Waals surface area contributed by atoms with E-state index in [1.807, 2.05) is 20.8 Å². The Morgan fingerprint density at radius 1 is 1.30 bits per heavy atom. The minimum Gasteiger partial charge on any atom is -0.479 e. The zero-order valence-corrected chi connectivity index (χ0v) is 12.4. The van der Waals surface area contributed by atoms with Gasteiger partial charge in [-0.1, -0.05) is 37.3 Å². The molecule has 0 aliphatic carbocycles. The summed E-state index contributed by atoms with van der Waals surface area (Å²) in [5.41, 5.74) is 0.222. The van der Waals surface area contributed by atoms with E-state index in [0.717, 1.165) is 6.42 Å². The van der Waals surface area contributed by atoms with Crippen LogP contribution in [0.2, 0.25) is 0 Å². The van der Waals surface area contributed by atoms with Crippen molar-refractivity contribution >= 4 is 12.0 Å². The highest BCUT2D eigenvalue weighted by Gasteiger charge is 2.29. The number of carboxylic acid groups (broad SMARTS) is 1. The number of carboxylic acids is 1. The molecule has 0 saturated heterocycles. The second kappa shape index (κ2) is 6.41. The Labute approximate surface area is 119 Å². The molecule has 1 unspecified atom stereocenters. The Morgan fingerprint density at radius 2 is 1.85 bits per heavy atom. The molecule has 1 aromatic carbocycles. The molecule has 2 amide bonds. The third-order valence-corrected chi connectivity index (χ3v) is 3.73. The zero-order valence-electron chi connectivity index (χ0n) is 12.4. The first-order chi connectivity index (χ1) is 9.29. The van der Waals surface area contributed by atoms with Crippen LogP contribution in [0, 0.1) is 0 Å². The number of urea groups is 1. The third kappa shape index (κ3) is 3.73. The van der Waals surface area contributed by atoms with Gasteiger partial charge in [-0.2, -0.15) is 0 Å². The van der Waals surface area contributed by atoms with Crippen molar-refractivity contribution in [2.75, 3.05) is 7.05 Å². The van der Waals surface area contributed by atoms with Crippen molar-refractivity contribution in [1.29, 1.82) is 0 Å². The molecule has 0 bridgehead atoms. The summed E-state index contributed by atoms with van der Waals surface area (Å²) in [5.74, 6) is -1.08. The maximum atomic E-state index is 12.2. The number of rotatable bonds is 5. The molecule has 0 heterocycles. The van der Waals surface area contributed by atoms with Gasteiger partial charge in [-0.15, -0.1) is 0 Å². The van der Waals surface area contributed by atoms with Gasteiger partial charge in [0.1, 0.15) is 0 Å². The lowest BCUT2D eigenvalue weighted by molar-refractivity contribution is -0.139. The summed E-state index contributed by atoms with van der Waals surface area (Å²) in [4.78, 5) is 25.1. The topological polar surface area (TPSA) is 69.6 Å². The molecule has 0 aliphatic rings. The smallest absolute Gasteiger partial charge is 0.330 e. The molecule has 0 spiro atoms. The van der Waals surface area contributed by atoms with Crippen LogP contribution in [0.4, 0.5) is 4.79 Å². The van der Waals surface area contributed by atoms with E-state index in [9.17, 15) is 14.7 Å². The number of nitrogens with zero attached hydrogens (tertiary/aromatic N) is 1. The zero-order chi connectivity index (χ0) is 15.3. The molecule has 0 radical (unpaired) electrons. The lowest BCUT2D eigenvalue weighted by atomic mass is 10.0. The summed E-state index contributed by atoms with van der Waals surface area (Å²) in [7, 11) is 1.67. The Morgan fingerprint density at radius 3 is 2.30 bits per heavy atom. The standard InChI is InChI=1S/C15H22N2O3/c1-5-15(2,3)17(4)14(20)16-12(13(18)19)11-9-7-6-8-10-11/h6-10,12H,5H2,1-4H3,(H,16,20)(H,18,19). The maximum Gasteiger partial charge on any atom is 0.330 e. The largest absolute Gasteiger partial charge is 0.479 e. The molecule has 0 fully saturated rings. The SMILES string of the molecule is CCC(C)(C)N(C)C(=O)NC(C(=O)O)c1ccccc1. The number of aliphatic carboxylic acids is 1. The predicted molar refractivity (Wildman–Crippen MR) is 77.5 cm³/mol. The van der Waals surface area contributed by atoms with Crippen LogP contribution in [0.3, 0.4) is 0 Å². The van der Waals surface area contributed by atoms with E-state index in [2.05, 4.69) is 5.32 Å². The van der Waals surface area contributed by atoms with Gasteiger partial charge in [0.05, 0.1) is 0 Å². The molecule has 0 aromatic heterocycles. The molecule has 2 N–H and O–H groups in total. The van der Waals surface area contributed by atoms with Gasteiger partial charge in [0, 0.05) is 12.6 Å². The number of carbonyl (C=O) groups is 2. The highest BCUT2D eigenvalue weighted by Crippen LogP contribution is 2.18. The monoisotopic (exact) mass is 278 g/mol. The molecule has 1 atom stereocenters. The van der Waals surface area contributed by atoms with E-state index in [0.29, 0.717) is 5.56 Å². The van der Waals surface area contributed by atoms with Crippen molar-refractivity contribution in [3.63, 3.8) is 0 Å². The van der Waals surface area contributed by atoms with Gasteiger partial charge in [0.25, 0.3) is 0 Å². The third-order valence-electron chi connectivity index (χ3n) is 3.73. The lowest BCUT2D eigenvalue weighted by Crippen LogP contribution is -2.50. The van der Waals surface area contributed by atoms with Crippen LogP contribution in [-0.4, -0.2) is 34.6 Å². The summed E-state index contributed by atoms with van der Waals surface area (Å²) >= 11 is 0. The second-order valence-corrected chi connectivity index (χ2v) is 5.36. The highest BCUT2D eigenvalue weighted by atomic mass is 16.4. The molecule has 5 heteroatoms. The molecule has 0 aliphatic heterocycles. The van der Waals surface area contributed by atoms with E-state index in [4.69, 9.17) is 0 Å². The summed E-state index contributed by atoms with van der Waals surface area (Å²) in [5, 5.41) is 11.8. The molecular weight excluding hydrogens is 256 g/mol. The van der Waals surface area contributed by atoms with Crippen molar-refractivity contribution in [2.45, 2.75) is 38.8 Å². The Balaban J connectivity index is 2.88. The summed E-state index contributed by atoms with van der Waals surface area (Å²) < 4.78 is 0. The molecule has 5 nitrogen and oxygen atoms in total. The Hall–Kier alpha value is -2.04. The molecular formula is C15H22N2O3. The van der Waals surface area contributed by atoms with Crippen molar-refractivity contribution in [3.05, 3.63) is 35.9 Å². The first-order valence-electron chi connectivity index (χ1n) is 6.61. The van der Waals surface area contributed by atoms with Crippen LogP contribution >= 0.6 is 0 Å². The van der Waals surface area contributed by atoms with E-state index in [1.54, 1.807) is 37.4 Å². The first kappa shape index (κ1) is 16.0. The molecule has 1 aromatic rings. The summed E-state index contributed by atoms with van der Waals surface area (Å²) in [6.07, 6.45) is 0.778. The average Bonchev–Trinajstić information content (AvgIpc) is 2.44. The first-order valence-corrected chi connectivity index (χ1v) is 6.61. The van der Waals surface area contributed by atoms with Crippen molar-refractivity contribution in [2.24, 2.45) is 0 Å². The van der Waals surface area contributed by atoms with Crippen LogP contribution in [0.15, 0.2) is 30.3 Å². The van der Waals surface area contributed by atoms with E-state index < -0.39 is 18.0 Å². The lowest BCUT2D eigenvalue weighted by Gasteiger charge is -2.35. The van der Waals surface area contributed by atoms with Gasteiger partial charge in [-0.05, 0) is 25.8 Å². The molecule has 0 saturated carbocycles. The number of nitrogens with one attached hydrogen (secondary N) is 1. The predicted octanol–water partition coefficient (Wildman–Crippen LogP) is 2.64. The minimum atomic E-state index is -1.08. The summed E-state index contributed by atoms with van der Waals surface area (Å²) in [6, 6.07) is 7.23. The molecule has 110 valence electrons. The number of amides is 2. The second-order valence-electron chi connectivity index (χ2n) is 5.36. The Bertz CT molecular complexity index is 471. The van der Waals surface area contributed by atoms with Crippen LogP contribution in [0.25, 0.3) is 0 Å². The normalized spacial score (nSPS) is 12.6. The molecule has 20 heavy (non-hydrogen) atoms. The van der Waals surface area contributed by atoms with Gasteiger partial charge in [0.15, 0.2) is 6.04 Å². The number of benzene rings is 1. The molecule has 1 rings (SSSR count). The summed E-state index contributed by atoms with van der Waals surface area (Å²) in [6.45, 7) is 5.85. The van der Waals surface area contributed by atoms with E-state index >= 15 is 0 Å². The van der Waals surface area contributed by atoms with Gasteiger partial charge >= 0.3 is 12.0 Å².